The average Bonchev–Trinajstić information content (AvgIpc) is 2.99. The van der Waals surface area contributed by atoms with Crippen LogP contribution in [0.1, 0.15) is 16.8 Å². The SMILES string of the molecule is COCCNC(=O)/C(C#N)=C/c1c(C)n(Cc2ccc(F)cc2)c2ccccc12. The number of hydrogen-bond acceptors (Lipinski definition) is 3. The maximum Gasteiger partial charge on any atom is 0.262 e. The normalized spacial score (nSPS) is 11.4. The summed E-state index contributed by atoms with van der Waals surface area (Å²) in [6.07, 6.45) is 1.63. The largest absolute Gasteiger partial charge is 0.383 e. The summed E-state index contributed by atoms with van der Waals surface area (Å²) < 4.78 is 20.3. The Kier molecular flexibility index (Phi) is 6.43. The predicted octanol–water partition coefficient (Wildman–Crippen LogP) is 3.81. The first-order valence-corrected chi connectivity index (χ1v) is 9.26. The summed E-state index contributed by atoms with van der Waals surface area (Å²) in [6.45, 7) is 3.22. The number of nitrogens with one attached hydrogen (secondary N) is 1. The molecular weight excluding hydrogens is 369 g/mol. The first-order valence-electron chi connectivity index (χ1n) is 9.26. The van der Waals surface area contributed by atoms with Crippen LogP contribution in [0.15, 0.2) is 54.1 Å². The second-order valence-corrected chi connectivity index (χ2v) is 6.65. The molecule has 0 bridgehead atoms. The van der Waals surface area contributed by atoms with E-state index >= 15 is 0 Å². The van der Waals surface area contributed by atoms with Gasteiger partial charge in [0.2, 0.25) is 0 Å². The monoisotopic (exact) mass is 391 g/mol. The van der Waals surface area contributed by atoms with Crippen molar-refractivity contribution >= 4 is 22.9 Å². The number of ether oxygens (including phenoxy) is 1. The molecule has 0 unspecified atom stereocenters. The van der Waals surface area contributed by atoms with Gasteiger partial charge in [0, 0.05) is 42.4 Å². The Labute approximate surface area is 169 Å². The van der Waals surface area contributed by atoms with Gasteiger partial charge in [0.25, 0.3) is 5.91 Å². The Morgan fingerprint density at radius 2 is 1.97 bits per heavy atom. The quantitative estimate of drug-likeness (QED) is 0.378. The van der Waals surface area contributed by atoms with Crippen LogP contribution in [0, 0.1) is 24.1 Å². The van der Waals surface area contributed by atoms with Crippen molar-refractivity contribution in [1.29, 1.82) is 5.26 Å². The molecule has 0 saturated carbocycles. The number of aromatic nitrogens is 1. The van der Waals surface area contributed by atoms with Crippen molar-refractivity contribution in [3.63, 3.8) is 0 Å². The van der Waals surface area contributed by atoms with Crippen molar-refractivity contribution in [2.75, 3.05) is 20.3 Å². The van der Waals surface area contributed by atoms with Gasteiger partial charge in [-0.1, -0.05) is 30.3 Å². The van der Waals surface area contributed by atoms with E-state index in [4.69, 9.17) is 4.74 Å². The molecule has 2 aromatic carbocycles. The van der Waals surface area contributed by atoms with E-state index in [1.165, 1.54) is 12.1 Å². The molecular formula is C23H22FN3O2. The molecule has 0 fully saturated rings. The van der Waals surface area contributed by atoms with Crippen molar-refractivity contribution in [2.45, 2.75) is 13.5 Å². The minimum atomic E-state index is -0.431. The van der Waals surface area contributed by atoms with Gasteiger partial charge in [-0.05, 0) is 36.8 Å². The number of amides is 1. The zero-order valence-electron chi connectivity index (χ0n) is 16.4. The van der Waals surface area contributed by atoms with Gasteiger partial charge >= 0.3 is 0 Å². The van der Waals surface area contributed by atoms with Crippen molar-refractivity contribution in [3.8, 4) is 6.07 Å². The fourth-order valence-corrected chi connectivity index (χ4v) is 3.27. The number of fused-ring (bicyclic) bond motifs is 1. The first-order chi connectivity index (χ1) is 14.0. The molecule has 148 valence electrons. The number of nitriles is 1. The smallest absolute Gasteiger partial charge is 0.262 e. The van der Waals surface area contributed by atoms with Gasteiger partial charge in [-0.25, -0.2) is 4.39 Å². The zero-order chi connectivity index (χ0) is 20.8. The van der Waals surface area contributed by atoms with Crippen LogP contribution >= 0.6 is 0 Å². The fourth-order valence-electron chi connectivity index (χ4n) is 3.27. The van der Waals surface area contributed by atoms with Gasteiger partial charge in [0.1, 0.15) is 17.5 Å². The second-order valence-electron chi connectivity index (χ2n) is 6.65. The van der Waals surface area contributed by atoms with E-state index in [9.17, 15) is 14.4 Å². The molecule has 1 N–H and O–H groups in total. The van der Waals surface area contributed by atoms with Gasteiger partial charge in [-0.2, -0.15) is 5.26 Å². The Balaban J connectivity index is 2.02. The van der Waals surface area contributed by atoms with Gasteiger partial charge in [0.05, 0.1) is 6.61 Å². The van der Waals surface area contributed by atoms with E-state index in [1.54, 1.807) is 25.3 Å². The van der Waals surface area contributed by atoms with Crippen molar-refractivity contribution < 1.29 is 13.9 Å². The molecule has 0 atom stereocenters. The molecule has 3 rings (SSSR count). The summed E-state index contributed by atoms with van der Waals surface area (Å²) >= 11 is 0. The maximum atomic E-state index is 13.2. The molecule has 6 heteroatoms. The van der Waals surface area contributed by atoms with Crippen LogP contribution < -0.4 is 5.32 Å². The molecule has 5 nitrogen and oxygen atoms in total. The number of rotatable bonds is 7. The summed E-state index contributed by atoms with van der Waals surface area (Å²) in [4.78, 5) is 12.3. The number of halogens is 1. The average molecular weight is 391 g/mol. The Hall–Kier alpha value is -3.43. The van der Waals surface area contributed by atoms with Crippen LogP contribution in [-0.2, 0) is 16.1 Å². The lowest BCUT2D eigenvalue weighted by molar-refractivity contribution is -0.117. The van der Waals surface area contributed by atoms with Gasteiger partial charge in [0.15, 0.2) is 0 Å². The van der Waals surface area contributed by atoms with E-state index < -0.39 is 5.91 Å². The van der Waals surface area contributed by atoms with Crippen LogP contribution in [0.3, 0.4) is 0 Å². The standard InChI is InChI=1S/C23H22FN3O2/c1-16-21(13-18(14-25)23(28)26-11-12-29-2)20-5-3-4-6-22(20)27(16)15-17-7-9-19(24)10-8-17/h3-10,13H,11-12,15H2,1-2H3,(H,26,28)/b18-13+. The van der Waals surface area contributed by atoms with Crippen molar-refractivity contribution in [3.05, 3.63) is 76.7 Å². The van der Waals surface area contributed by atoms with Crippen LogP contribution in [0.5, 0.6) is 0 Å². The van der Waals surface area contributed by atoms with E-state index in [1.807, 2.05) is 37.3 Å². The topological polar surface area (TPSA) is 67.0 Å². The lowest BCUT2D eigenvalue weighted by Gasteiger charge is -2.09. The van der Waals surface area contributed by atoms with E-state index in [2.05, 4.69) is 9.88 Å². The third-order valence-electron chi connectivity index (χ3n) is 4.78. The minimum absolute atomic E-state index is 0.0360. The molecule has 0 aliphatic carbocycles. The fraction of sp³-hybridized carbons (Fsp3) is 0.217. The minimum Gasteiger partial charge on any atom is -0.383 e. The molecule has 0 saturated heterocycles. The second kappa shape index (κ2) is 9.18. The number of methoxy groups -OCH3 is 1. The number of para-hydroxylation sites is 1. The molecule has 1 aromatic heterocycles. The number of carbonyl (C=O) groups is 1. The highest BCUT2D eigenvalue weighted by Crippen LogP contribution is 2.28. The lowest BCUT2D eigenvalue weighted by atomic mass is 10.1. The van der Waals surface area contributed by atoms with E-state index in [0.717, 1.165) is 27.7 Å². The summed E-state index contributed by atoms with van der Waals surface area (Å²) in [6, 6.07) is 16.2. The molecule has 1 heterocycles. The van der Waals surface area contributed by atoms with Crippen LogP contribution in [0.25, 0.3) is 17.0 Å². The van der Waals surface area contributed by atoms with Crippen molar-refractivity contribution in [2.24, 2.45) is 0 Å². The van der Waals surface area contributed by atoms with Crippen LogP contribution in [-0.4, -0.2) is 30.7 Å². The number of carbonyl (C=O) groups excluding carboxylic acids is 1. The number of benzene rings is 2. The maximum absolute atomic E-state index is 13.2. The van der Waals surface area contributed by atoms with Gasteiger partial charge in [-0.3, -0.25) is 4.79 Å². The molecule has 0 radical (unpaired) electrons. The highest BCUT2D eigenvalue weighted by molar-refractivity contribution is 6.04. The van der Waals surface area contributed by atoms with Gasteiger partial charge in [-0.15, -0.1) is 0 Å². The number of nitrogens with zero attached hydrogens (tertiary/aromatic N) is 2. The highest BCUT2D eigenvalue weighted by atomic mass is 19.1. The van der Waals surface area contributed by atoms with Crippen LogP contribution in [0.4, 0.5) is 4.39 Å². The van der Waals surface area contributed by atoms with E-state index in [-0.39, 0.29) is 11.4 Å². The molecule has 3 aromatic rings. The Morgan fingerprint density at radius 1 is 1.24 bits per heavy atom. The van der Waals surface area contributed by atoms with Crippen LogP contribution in [0.2, 0.25) is 0 Å². The Morgan fingerprint density at radius 3 is 2.66 bits per heavy atom. The van der Waals surface area contributed by atoms with Gasteiger partial charge < -0.3 is 14.6 Å². The first kappa shape index (κ1) is 20.3. The molecule has 0 spiro atoms. The third kappa shape index (κ3) is 4.53. The Bertz CT molecular complexity index is 1090. The molecule has 0 aliphatic rings. The van der Waals surface area contributed by atoms with E-state index in [0.29, 0.717) is 19.7 Å². The zero-order valence-corrected chi connectivity index (χ0v) is 16.4. The molecule has 0 aliphatic heterocycles. The third-order valence-corrected chi connectivity index (χ3v) is 4.78. The van der Waals surface area contributed by atoms with Crippen molar-refractivity contribution in [1.82, 2.24) is 9.88 Å². The molecule has 29 heavy (non-hydrogen) atoms. The summed E-state index contributed by atoms with van der Waals surface area (Å²) in [5.74, 6) is -0.705. The summed E-state index contributed by atoms with van der Waals surface area (Å²) in [7, 11) is 1.55. The predicted molar refractivity (Wildman–Crippen MR) is 111 cm³/mol. The lowest BCUT2D eigenvalue weighted by Crippen LogP contribution is -2.27. The molecule has 1 amide bonds. The number of hydrogen-bond donors (Lipinski definition) is 1. The summed E-state index contributed by atoms with van der Waals surface area (Å²) in [5.41, 5.74) is 3.73. The highest BCUT2D eigenvalue weighted by Gasteiger charge is 2.16. The summed E-state index contributed by atoms with van der Waals surface area (Å²) in [5, 5.41) is 13.1.